The SMILES string of the molecule is CCNC(=NCc1cc(OC)c(OC)cc1OC)NCCCOCC1CCCO1.I. The third-order valence-corrected chi connectivity index (χ3v) is 4.62. The standard InChI is InChI=1S/C21H35N3O5.HI/c1-5-22-21(23-9-7-10-28-15-17-8-6-11-29-17)24-14-16-12-19(26-3)20(27-4)13-18(16)25-2;/h12-13,17H,5-11,14-15H2,1-4H3,(H2,22,23,24);1H. The summed E-state index contributed by atoms with van der Waals surface area (Å²) < 4.78 is 27.4. The molecule has 0 saturated carbocycles. The topological polar surface area (TPSA) is 82.6 Å². The number of halogens is 1. The molecule has 1 aliphatic heterocycles. The van der Waals surface area contributed by atoms with E-state index in [1.54, 1.807) is 21.3 Å². The van der Waals surface area contributed by atoms with Gasteiger partial charge in [-0.25, -0.2) is 4.99 Å². The Bertz CT molecular complexity index is 639. The van der Waals surface area contributed by atoms with Crippen LogP contribution in [0.4, 0.5) is 0 Å². The first-order valence-electron chi connectivity index (χ1n) is 10.2. The molecule has 1 aliphatic rings. The summed E-state index contributed by atoms with van der Waals surface area (Å²) in [5, 5.41) is 6.60. The van der Waals surface area contributed by atoms with E-state index in [1.807, 2.05) is 19.1 Å². The number of hydrogen-bond acceptors (Lipinski definition) is 6. The molecule has 1 saturated heterocycles. The lowest BCUT2D eigenvalue weighted by Gasteiger charge is -2.15. The van der Waals surface area contributed by atoms with E-state index in [0.717, 1.165) is 50.5 Å². The van der Waals surface area contributed by atoms with Gasteiger partial charge in [0.25, 0.3) is 0 Å². The number of aliphatic imine (C=N–C) groups is 1. The Morgan fingerprint density at radius 3 is 2.47 bits per heavy atom. The highest BCUT2D eigenvalue weighted by Gasteiger charge is 2.15. The van der Waals surface area contributed by atoms with Gasteiger partial charge in [-0.05, 0) is 32.3 Å². The van der Waals surface area contributed by atoms with E-state index in [2.05, 4.69) is 15.6 Å². The summed E-state index contributed by atoms with van der Waals surface area (Å²) in [6.45, 7) is 6.31. The lowest BCUT2D eigenvalue weighted by atomic mass is 10.1. The van der Waals surface area contributed by atoms with Gasteiger partial charge in [-0.3, -0.25) is 0 Å². The molecule has 9 heteroatoms. The van der Waals surface area contributed by atoms with Crippen molar-refractivity contribution in [3.05, 3.63) is 17.7 Å². The molecule has 1 heterocycles. The number of methoxy groups -OCH3 is 3. The monoisotopic (exact) mass is 537 g/mol. The molecule has 1 aromatic carbocycles. The average Bonchev–Trinajstić information content (AvgIpc) is 3.27. The number of hydrogen-bond donors (Lipinski definition) is 2. The zero-order chi connectivity index (χ0) is 20.9. The van der Waals surface area contributed by atoms with Gasteiger partial charge in [-0.15, -0.1) is 24.0 Å². The summed E-state index contributed by atoms with van der Waals surface area (Å²) >= 11 is 0. The number of ether oxygens (including phenoxy) is 5. The smallest absolute Gasteiger partial charge is 0.191 e. The van der Waals surface area contributed by atoms with Crippen molar-refractivity contribution in [3.63, 3.8) is 0 Å². The van der Waals surface area contributed by atoms with Crippen molar-refractivity contribution >= 4 is 29.9 Å². The Morgan fingerprint density at radius 1 is 1.10 bits per heavy atom. The molecule has 1 fully saturated rings. The highest BCUT2D eigenvalue weighted by molar-refractivity contribution is 14.0. The van der Waals surface area contributed by atoms with Crippen molar-refractivity contribution in [3.8, 4) is 17.2 Å². The molecule has 2 N–H and O–H groups in total. The van der Waals surface area contributed by atoms with Crippen LogP contribution in [-0.4, -0.2) is 66.3 Å². The number of nitrogens with zero attached hydrogens (tertiary/aromatic N) is 1. The summed E-state index contributed by atoms with van der Waals surface area (Å²) in [6, 6.07) is 3.71. The molecule has 8 nitrogen and oxygen atoms in total. The van der Waals surface area contributed by atoms with E-state index in [1.165, 1.54) is 0 Å². The van der Waals surface area contributed by atoms with Gasteiger partial charge in [0.05, 0.1) is 40.6 Å². The number of guanidine groups is 1. The Balaban J connectivity index is 0.00000450. The molecule has 0 radical (unpaired) electrons. The fraction of sp³-hybridized carbons (Fsp3) is 0.667. The second-order valence-electron chi connectivity index (χ2n) is 6.70. The molecular formula is C21H36IN3O5. The highest BCUT2D eigenvalue weighted by Crippen LogP contribution is 2.34. The number of rotatable bonds is 12. The molecular weight excluding hydrogens is 501 g/mol. The second kappa shape index (κ2) is 15.4. The normalized spacial score (nSPS) is 16.0. The van der Waals surface area contributed by atoms with Crippen LogP contribution in [0.15, 0.2) is 17.1 Å². The van der Waals surface area contributed by atoms with Crippen LogP contribution in [0.25, 0.3) is 0 Å². The molecule has 0 aliphatic carbocycles. The fourth-order valence-corrected chi connectivity index (χ4v) is 3.09. The molecule has 0 bridgehead atoms. The lowest BCUT2D eigenvalue weighted by Crippen LogP contribution is -2.38. The Labute approximate surface area is 197 Å². The third-order valence-electron chi connectivity index (χ3n) is 4.62. The Kier molecular flexibility index (Phi) is 13.6. The van der Waals surface area contributed by atoms with Crippen molar-refractivity contribution < 1.29 is 23.7 Å². The summed E-state index contributed by atoms with van der Waals surface area (Å²) in [4.78, 5) is 4.66. The minimum absolute atomic E-state index is 0. The third kappa shape index (κ3) is 8.73. The van der Waals surface area contributed by atoms with Crippen LogP contribution in [-0.2, 0) is 16.0 Å². The zero-order valence-corrected chi connectivity index (χ0v) is 20.8. The first kappa shape index (κ1) is 26.6. The molecule has 0 spiro atoms. The molecule has 172 valence electrons. The van der Waals surface area contributed by atoms with Gasteiger partial charge in [0.15, 0.2) is 17.5 Å². The molecule has 0 aromatic heterocycles. The zero-order valence-electron chi connectivity index (χ0n) is 18.5. The Hall–Kier alpha value is -1.46. The van der Waals surface area contributed by atoms with Crippen molar-refractivity contribution in [2.24, 2.45) is 4.99 Å². The first-order chi connectivity index (χ1) is 14.2. The van der Waals surface area contributed by atoms with Gasteiger partial charge in [-0.1, -0.05) is 0 Å². The van der Waals surface area contributed by atoms with Crippen LogP contribution in [0.1, 0.15) is 31.7 Å². The fourth-order valence-electron chi connectivity index (χ4n) is 3.09. The summed E-state index contributed by atoms with van der Waals surface area (Å²) in [5.41, 5.74) is 0.919. The van der Waals surface area contributed by atoms with Crippen LogP contribution >= 0.6 is 24.0 Å². The van der Waals surface area contributed by atoms with Crippen LogP contribution in [0, 0.1) is 0 Å². The second-order valence-corrected chi connectivity index (χ2v) is 6.70. The van der Waals surface area contributed by atoms with Crippen molar-refractivity contribution in [1.29, 1.82) is 0 Å². The Morgan fingerprint density at radius 2 is 1.83 bits per heavy atom. The van der Waals surface area contributed by atoms with Crippen LogP contribution in [0.5, 0.6) is 17.2 Å². The highest BCUT2D eigenvalue weighted by atomic mass is 127. The van der Waals surface area contributed by atoms with E-state index < -0.39 is 0 Å². The molecule has 1 aromatic rings. The van der Waals surface area contributed by atoms with Gasteiger partial charge in [0.2, 0.25) is 0 Å². The largest absolute Gasteiger partial charge is 0.496 e. The lowest BCUT2D eigenvalue weighted by molar-refractivity contribution is 0.0168. The average molecular weight is 537 g/mol. The maximum Gasteiger partial charge on any atom is 0.191 e. The molecule has 0 amide bonds. The molecule has 1 atom stereocenters. The van der Waals surface area contributed by atoms with E-state index in [0.29, 0.717) is 37.0 Å². The molecule has 2 rings (SSSR count). The number of benzene rings is 1. The van der Waals surface area contributed by atoms with Gasteiger partial charge in [0.1, 0.15) is 5.75 Å². The maximum atomic E-state index is 5.70. The summed E-state index contributed by atoms with van der Waals surface area (Å²) in [6.07, 6.45) is 3.42. The van der Waals surface area contributed by atoms with Gasteiger partial charge in [-0.2, -0.15) is 0 Å². The molecule has 30 heavy (non-hydrogen) atoms. The van der Waals surface area contributed by atoms with Crippen molar-refractivity contribution in [2.45, 2.75) is 38.8 Å². The van der Waals surface area contributed by atoms with Gasteiger partial charge in [0, 0.05) is 37.9 Å². The van der Waals surface area contributed by atoms with E-state index in [-0.39, 0.29) is 30.1 Å². The summed E-state index contributed by atoms with van der Waals surface area (Å²) in [5.74, 6) is 2.75. The van der Waals surface area contributed by atoms with Crippen molar-refractivity contribution in [1.82, 2.24) is 10.6 Å². The first-order valence-corrected chi connectivity index (χ1v) is 10.2. The van der Waals surface area contributed by atoms with Crippen LogP contribution in [0.2, 0.25) is 0 Å². The summed E-state index contributed by atoms with van der Waals surface area (Å²) in [7, 11) is 4.85. The maximum absolute atomic E-state index is 5.70. The van der Waals surface area contributed by atoms with E-state index >= 15 is 0 Å². The predicted octanol–water partition coefficient (Wildman–Crippen LogP) is 2.97. The van der Waals surface area contributed by atoms with Gasteiger partial charge < -0.3 is 34.3 Å². The minimum Gasteiger partial charge on any atom is -0.496 e. The number of nitrogens with one attached hydrogen (secondary N) is 2. The van der Waals surface area contributed by atoms with Crippen molar-refractivity contribution in [2.75, 3.05) is 54.2 Å². The van der Waals surface area contributed by atoms with E-state index in [4.69, 9.17) is 23.7 Å². The van der Waals surface area contributed by atoms with E-state index in [9.17, 15) is 0 Å². The molecule has 1 unspecified atom stereocenters. The van der Waals surface area contributed by atoms with Crippen LogP contribution in [0.3, 0.4) is 0 Å². The predicted molar refractivity (Wildman–Crippen MR) is 129 cm³/mol. The quantitative estimate of drug-likeness (QED) is 0.184. The van der Waals surface area contributed by atoms with Crippen LogP contribution < -0.4 is 24.8 Å². The minimum atomic E-state index is 0. The van der Waals surface area contributed by atoms with Gasteiger partial charge >= 0.3 is 0 Å².